The monoisotopic (exact) mass is 1200 g/mol. The summed E-state index contributed by atoms with van der Waals surface area (Å²) in [5.41, 5.74) is -3.57. The van der Waals surface area contributed by atoms with E-state index in [1.54, 1.807) is 0 Å². The van der Waals surface area contributed by atoms with Crippen LogP contribution < -0.4 is 0 Å². The molecule has 0 spiro atoms. The number of hydrogen-bond acceptors (Lipinski definition) is 8. The van der Waals surface area contributed by atoms with Crippen molar-refractivity contribution in [2.24, 2.45) is 0 Å². The molecule has 10 nitrogen and oxygen atoms in total. The van der Waals surface area contributed by atoms with Gasteiger partial charge in [-0.1, -0.05) is 71.8 Å². The zero-order valence-corrected chi connectivity index (χ0v) is 34.2. The van der Waals surface area contributed by atoms with Crippen molar-refractivity contribution in [1.82, 2.24) is 49.5 Å². The predicted octanol–water partition coefficient (Wildman–Crippen LogP) is 7.93. The van der Waals surface area contributed by atoms with Crippen LogP contribution in [0.3, 0.4) is 0 Å². The van der Waals surface area contributed by atoms with Crippen molar-refractivity contribution in [2.45, 2.75) is 17.8 Å². The maximum absolute atomic E-state index is 15.3. The minimum absolute atomic E-state index is 0. The van der Waals surface area contributed by atoms with E-state index >= 15 is 8.78 Å². The van der Waals surface area contributed by atoms with Gasteiger partial charge >= 0.3 is 54.5 Å². The molecule has 2 aromatic carbocycles. The molecule has 0 radical (unpaired) electrons. The van der Waals surface area contributed by atoms with Crippen LogP contribution >= 0.6 is 0 Å². The second-order valence-corrected chi connectivity index (χ2v) is 12.3. The standard InChI is InChI=1S/C39H16F10N10.2Pt/c40-21-13-15-23(25(42)17-21)27-5-1-7-29(52-27)37(30-8-2-6-28(53-30)24-16-14-22(41)18-26(24)43,31-9-3-11-33(54-31)58-19-50-35(56-58)38(44,45)46)32-10-4-12-34(55-32)59-20-51-36(57-59)39(47,48)49;;/h1-14,17-18H;;/q-4;2*+2. The molecule has 8 aromatic rings. The minimum atomic E-state index is -4.97. The zero-order valence-electron chi connectivity index (χ0n) is 29.6. The topological polar surface area (TPSA) is 113 Å². The van der Waals surface area contributed by atoms with E-state index in [9.17, 15) is 35.1 Å². The Morgan fingerprint density at radius 1 is 0.475 bits per heavy atom. The van der Waals surface area contributed by atoms with Gasteiger partial charge in [-0.2, -0.15) is 26.3 Å². The SMILES string of the molecule is Fc1c[c-]c(-c2cccc(C(c3cccc(-c4[c-]cc(F)cc4F)n3)(c3cccc(-n4[c-]nc(C(F)(F)F)n4)n3)c3cccc(-n4[c-]nc(C(F)(F)F)n4)n3)n2)c(F)c1.[Pt+2].[Pt+2]. The van der Waals surface area contributed by atoms with Crippen molar-refractivity contribution in [2.75, 3.05) is 0 Å². The molecule has 0 aliphatic rings. The van der Waals surface area contributed by atoms with Crippen LogP contribution in [0.5, 0.6) is 0 Å². The maximum Gasteiger partial charge on any atom is 2.00 e. The van der Waals surface area contributed by atoms with Gasteiger partial charge in [0.25, 0.3) is 0 Å². The summed E-state index contributed by atoms with van der Waals surface area (Å²) >= 11 is 0. The largest absolute Gasteiger partial charge is 2.00 e. The van der Waals surface area contributed by atoms with Crippen LogP contribution in [0.25, 0.3) is 34.2 Å². The van der Waals surface area contributed by atoms with Crippen molar-refractivity contribution >= 4 is 0 Å². The van der Waals surface area contributed by atoms with Crippen molar-refractivity contribution in [3.8, 4) is 34.2 Å². The van der Waals surface area contributed by atoms with Crippen molar-refractivity contribution in [1.29, 1.82) is 0 Å². The van der Waals surface area contributed by atoms with Gasteiger partial charge in [0.1, 0.15) is 5.41 Å². The fourth-order valence-electron chi connectivity index (χ4n) is 6.05. The first-order valence-electron chi connectivity index (χ1n) is 16.6. The summed E-state index contributed by atoms with van der Waals surface area (Å²) in [6.45, 7) is 0. The van der Waals surface area contributed by atoms with Crippen LogP contribution in [-0.4, -0.2) is 49.5 Å². The fraction of sp³-hybridized carbons (Fsp3) is 0.0769. The Hall–Kier alpha value is -6.00. The van der Waals surface area contributed by atoms with E-state index < -0.39 is 52.7 Å². The molecule has 0 unspecified atom stereocenters. The Morgan fingerprint density at radius 3 is 1.18 bits per heavy atom. The number of halogens is 10. The van der Waals surface area contributed by atoms with E-state index in [0.717, 1.165) is 12.1 Å². The smallest absolute Gasteiger partial charge is 0.342 e. The first-order chi connectivity index (χ1) is 28.1. The normalized spacial score (nSPS) is 11.8. The van der Waals surface area contributed by atoms with Gasteiger partial charge in [0.05, 0.1) is 34.4 Å². The Kier molecular flexibility index (Phi) is 12.5. The third-order valence-corrected chi connectivity index (χ3v) is 8.56. The van der Waals surface area contributed by atoms with Crippen molar-refractivity contribution in [3.63, 3.8) is 0 Å². The second kappa shape index (κ2) is 17.2. The zero-order chi connectivity index (χ0) is 41.7. The van der Waals surface area contributed by atoms with Crippen molar-refractivity contribution < 1.29 is 86.0 Å². The Balaban J connectivity index is 0.00000311. The summed E-state index contributed by atoms with van der Waals surface area (Å²) in [5, 5.41) is 6.92. The number of benzene rings is 2. The molecule has 312 valence electrons. The van der Waals surface area contributed by atoms with Crippen LogP contribution in [0, 0.1) is 48.1 Å². The molecule has 61 heavy (non-hydrogen) atoms. The Morgan fingerprint density at radius 2 is 0.836 bits per heavy atom. The molecule has 0 aliphatic carbocycles. The summed E-state index contributed by atoms with van der Waals surface area (Å²) in [7, 11) is 0. The van der Waals surface area contributed by atoms with Gasteiger partial charge in [0, 0.05) is 35.9 Å². The Bertz CT molecular complexity index is 2670. The van der Waals surface area contributed by atoms with Gasteiger partial charge in [-0.25, -0.2) is 10.2 Å². The van der Waals surface area contributed by atoms with E-state index in [4.69, 9.17) is 9.97 Å². The summed E-state index contributed by atoms with van der Waals surface area (Å²) in [4.78, 5) is 25.1. The average Bonchev–Trinajstić information content (AvgIpc) is 3.91. The summed E-state index contributed by atoms with van der Waals surface area (Å²) in [5.74, 6) is -7.71. The first-order valence-corrected chi connectivity index (χ1v) is 16.6. The molecule has 0 atom stereocenters. The molecule has 0 fully saturated rings. The van der Waals surface area contributed by atoms with Gasteiger partial charge in [-0.3, -0.25) is 37.5 Å². The molecule has 0 saturated heterocycles. The van der Waals surface area contributed by atoms with Crippen LogP contribution in [0.4, 0.5) is 43.9 Å². The molecule has 8 rings (SSSR count). The van der Waals surface area contributed by atoms with E-state index in [-0.39, 0.29) is 99.1 Å². The van der Waals surface area contributed by atoms with Gasteiger partial charge in [0.2, 0.25) is 0 Å². The van der Waals surface area contributed by atoms with Crippen LogP contribution in [0.2, 0.25) is 0 Å². The molecule has 6 aromatic heterocycles. The van der Waals surface area contributed by atoms with Gasteiger partial charge in [0.15, 0.2) is 11.6 Å². The van der Waals surface area contributed by atoms with E-state index in [0.29, 0.717) is 21.5 Å². The van der Waals surface area contributed by atoms with Crippen LogP contribution in [-0.2, 0) is 59.9 Å². The third kappa shape index (κ3) is 8.64. The predicted molar refractivity (Wildman–Crippen MR) is 182 cm³/mol. The molecule has 0 bridgehead atoms. The van der Waals surface area contributed by atoms with Gasteiger partial charge in [-0.15, -0.1) is 24.3 Å². The maximum atomic E-state index is 15.3. The first kappa shape index (κ1) is 44.5. The summed E-state index contributed by atoms with van der Waals surface area (Å²) in [6, 6.07) is 24.2. The second-order valence-electron chi connectivity index (χ2n) is 12.3. The molecular formula is C39H16F10N10Pt2. The van der Waals surface area contributed by atoms with Crippen molar-refractivity contribution in [3.05, 3.63) is 180 Å². The summed E-state index contributed by atoms with van der Waals surface area (Å²) in [6.07, 6.45) is -5.71. The minimum Gasteiger partial charge on any atom is -0.342 e. The number of alkyl halides is 6. The molecule has 0 aliphatic heterocycles. The van der Waals surface area contributed by atoms with Gasteiger partial charge in [-0.05, 0) is 35.7 Å². The van der Waals surface area contributed by atoms with E-state index in [1.165, 1.54) is 72.8 Å². The van der Waals surface area contributed by atoms with Gasteiger partial charge < -0.3 is 19.3 Å². The number of nitrogens with zero attached hydrogens (tertiary/aromatic N) is 10. The average molecular weight is 1200 g/mol. The molecular weight excluding hydrogens is 1190 g/mol. The quantitative estimate of drug-likeness (QED) is 0.112. The van der Waals surface area contributed by atoms with E-state index in [1.807, 2.05) is 0 Å². The van der Waals surface area contributed by atoms with E-state index in [2.05, 4.69) is 54.9 Å². The Labute approximate surface area is 365 Å². The molecule has 22 heteroatoms. The van der Waals surface area contributed by atoms with Crippen LogP contribution in [0.1, 0.15) is 34.4 Å². The number of aromatic nitrogens is 10. The number of rotatable bonds is 8. The molecule has 6 heterocycles. The third-order valence-electron chi connectivity index (χ3n) is 8.56. The molecule has 0 amide bonds. The van der Waals surface area contributed by atoms with Crippen LogP contribution in [0.15, 0.2) is 97.1 Å². The molecule has 0 N–H and O–H groups in total. The number of hydrogen-bond donors (Lipinski definition) is 0. The fourth-order valence-corrected chi connectivity index (χ4v) is 6.05. The summed E-state index contributed by atoms with van der Waals surface area (Å²) < 4.78 is 141. The molecule has 0 saturated carbocycles. The number of pyridine rings is 4.